The van der Waals surface area contributed by atoms with Gasteiger partial charge in [0.2, 0.25) is 0 Å². The van der Waals surface area contributed by atoms with Crippen molar-refractivity contribution < 1.29 is 0 Å². The fraction of sp³-hybridized carbons (Fsp3) is 0.545. The van der Waals surface area contributed by atoms with Crippen LogP contribution >= 0.6 is 23.4 Å². The van der Waals surface area contributed by atoms with Gasteiger partial charge in [-0.15, -0.1) is 11.8 Å². The lowest BCUT2D eigenvalue weighted by atomic mass is 10.3. The van der Waals surface area contributed by atoms with Gasteiger partial charge in [-0.2, -0.15) is 0 Å². The van der Waals surface area contributed by atoms with Crippen molar-refractivity contribution in [1.82, 2.24) is 10.3 Å². The van der Waals surface area contributed by atoms with E-state index in [2.05, 4.69) is 17.2 Å². The maximum absolute atomic E-state index is 5.98. The number of aromatic nitrogens is 1. The van der Waals surface area contributed by atoms with E-state index in [-0.39, 0.29) is 0 Å². The zero-order valence-electron chi connectivity index (χ0n) is 9.00. The summed E-state index contributed by atoms with van der Waals surface area (Å²) in [6.45, 7) is 4.31. The van der Waals surface area contributed by atoms with Crippen LogP contribution in [0.2, 0.25) is 5.02 Å². The molecule has 84 valence electrons. The van der Waals surface area contributed by atoms with Crippen LogP contribution in [0.25, 0.3) is 0 Å². The smallest absolute Gasteiger partial charge is 0.115 e. The first-order valence-corrected chi connectivity index (χ1v) is 6.65. The summed E-state index contributed by atoms with van der Waals surface area (Å²) in [6, 6.07) is 3.73. The second-order valence-electron chi connectivity index (χ2n) is 3.24. The third kappa shape index (κ3) is 5.40. The summed E-state index contributed by atoms with van der Waals surface area (Å²) in [5, 5.41) is 5.06. The maximum Gasteiger partial charge on any atom is 0.115 e. The largest absolute Gasteiger partial charge is 0.316 e. The molecule has 0 aliphatic heterocycles. The van der Waals surface area contributed by atoms with Crippen LogP contribution in [0.15, 0.2) is 23.4 Å². The van der Waals surface area contributed by atoms with Gasteiger partial charge >= 0.3 is 0 Å². The van der Waals surface area contributed by atoms with Gasteiger partial charge in [-0.25, -0.2) is 4.98 Å². The molecule has 0 bridgehead atoms. The van der Waals surface area contributed by atoms with E-state index in [0.717, 1.165) is 28.9 Å². The van der Waals surface area contributed by atoms with E-state index in [0.29, 0.717) is 0 Å². The third-order valence-electron chi connectivity index (χ3n) is 1.95. The Morgan fingerprint density at radius 3 is 3.07 bits per heavy atom. The van der Waals surface area contributed by atoms with E-state index in [1.165, 1.54) is 12.8 Å². The zero-order chi connectivity index (χ0) is 10.9. The van der Waals surface area contributed by atoms with Crippen molar-refractivity contribution in [1.29, 1.82) is 0 Å². The highest BCUT2D eigenvalue weighted by atomic mass is 35.5. The van der Waals surface area contributed by atoms with Gasteiger partial charge < -0.3 is 5.32 Å². The summed E-state index contributed by atoms with van der Waals surface area (Å²) >= 11 is 7.68. The molecular formula is C11H17ClN2S. The minimum atomic E-state index is 0.746. The van der Waals surface area contributed by atoms with Gasteiger partial charge in [0.05, 0.1) is 5.02 Å². The summed E-state index contributed by atoms with van der Waals surface area (Å²) in [5.74, 6) is 1.01. The molecule has 0 spiro atoms. The molecule has 0 atom stereocenters. The first-order chi connectivity index (χ1) is 7.34. The molecule has 0 saturated heterocycles. The summed E-state index contributed by atoms with van der Waals surface area (Å²) < 4.78 is 0. The van der Waals surface area contributed by atoms with Gasteiger partial charge in [-0.1, -0.05) is 24.9 Å². The number of nitrogens with one attached hydrogen (secondary N) is 1. The van der Waals surface area contributed by atoms with Gasteiger partial charge in [0.25, 0.3) is 0 Å². The molecule has 0 amide bonds. The van der Waals surface area contributed by atoms with E-state index in [1.54, 1.807) is 18.0 Å². The molecule has 2 nitrogen and oxygen atoms in total. The number of nitrogens with zero attached hydrogens (tertiary/aromatic N) is 1. The van der Waals surface area contributed by atoms with Crippen LogP contribution in [0.3, 0.4) is 0 Å². The lowest BCUT2D eigenvalue weighted by Crippen LogP contribution is -2.18. The van der Waals surface area contributed by atoms with Crippen molar-refractivity contribution in [3.8, 4) is 0 Å². The Kier molecular flexibility index (Phi) is 6.81. The number of unbranched alkanes of at least 4 members (excludes halogenated alkanes) is 1. The van der Waals surface area contributed by atoms with Crippen molar-refractivity contribution in [3.63, 3.8) is 0 Å². The third-order valence-corrected chi connectivity index (χ3v) is 3.37. The zero-order valence-corrected chi connectivity index (χ0v) is 10.6. The Bertz CT molecular complexity index is 281. The van der Waals surface area contributed by atoms with E-state index < -0.39 is 0 Å². The van der Waals surface area contributed by atoms with Crippen molar-refractivity contribution in [2.45, 2.75) is 24.8 Å². The summed E-state index contributed by atoms with van der Waals surface area (Å²) in [7, 11) is 0. The standard InChI is InChI=1S/C11H17ClN2S/c1-2-3-6-13-8-9-15-11-10(12)5-4-7-14-11/h4-5,7,13H,2-3,6,8-9H2,1H3. The fourth-order valence-electron chi connectivity index (χ4n) is 1.12. The van der Waals surface area contributed by atoms with Crippen molar-refractivity contribution >= 4 is 23.4 Å². The topological polar surface area (TPSA) is 24.9 Å². The Labute approximate surface area is 101 Å². The SMILES string of the molecule is CCCCNCCSc1ncccc1Cl. The number of rotatable bonds is 7. The summed E-state index contributed by atoms with van der Waals surface area (Å²) in [6.07, 6.45) is 4.26. The predicted molar refractivity (Wildman–Crippen MR) is 67.7 cm³/mol. The minimum absolute atomic E-state index is 0.746. The van der Waals surface area contributed by atoms with Crippen LogP contribution in [-0.2, 0) is 0 Å². The number of hydrogen-bond donors (Lipinski definition) is 1. The highest BCUT2D eigenvalue weighted by molar-refractivity contribution is 7.99. The Morgan fingerprint density at radius 2 is 2.33 bits per heavy atom. The van der Waals surface area contributed by atoms with Crippen LogP contribution in [-0.4, -0.2) is 23.8 Å². The molecule has 0 aliphatic rings. The molecule has 15 heavy (non-hydrogen) atoms. The first kappa shape index (κ1) is 12.8. The van der Waals surface area contributed by atoms with Gasteiger partial charge in [0.15, 0.2) is 0 Å². The highest BCUT2D eigenvalue weighted by Crippen LogP contribution is 2.23. The fourth-order valence-corrected chi connectivity index (χ4v) is 2.19. The number of thioether (sulfide) groups is 1. The minimum Gasteiger partial charge on any atom is -0.316 e. The van der Waals surface area contributed by atoms with Crippen LogP contribution < -0.4 is 5.32 Å². The molecular weight excluding hydrogens is 228 g/mol. The Hall–Kier alpha value is -0.250. The Balaban J connectivity index is 2.12. The van der Waals surface area contributed by atoms with Gasteiger partial charge in [0, 0.05) is 18.5 Å². The normalized spacial score (nSPS) is 10.5. The molecule has 0 aliphatic carbocycles. The quantitative estimate of drug-likeness (QED) is 0.589. The van der Waals surface area contributed by atoms with Gasteiger partial charge in [-0.05, 0) is 25.1 Å². The van der Waals surface area contributed by atoms with Crippen molar-refractivity contribution in [3.05, 3.63) is 23.4 Å². The average Bonchev–Trinajstić information content (AvgIpc) is 2.25. The molecule has 0 fully saturated rings. The van der Waals surface area contributed by atoms with Gasteiger partial charge in [0.1, 0.15) is 5.03 Å². The van der Waals surface area contributed by atoms with Crippen LogP contribution in [0, 0.1) is 0 Å². The molecule has 0 aromatic carbocycles. The molecule has 1 aromatic rings. The number of hydrogen-bond acceptors (Lipinski definition) is 3. The summed E-state index contributed by atoms with van der Waals surface area (Å²) in [4.78, 5) is 4.22. The predicted octanol–water partition coefficient (Wildman–Crippen LogP) is 3.22. The van der Waals surface area contributed by atoms with Gasteiger partial charge in [-0.3, -0.25) is 0 Å². The van der Waals surface area contributed by atoms with Crippen molar-refractivity contribution in [2.24, 2.45) is 0 Å². The highest BCUT2D eigenvalue weighted by Gasteiger charge is 1.99. The van der Waals surface area contributed by atoms with Crippen LogP contribution in [0.4, 0.5) is 0 Å². The monoisotopic (exact) mass is 244 g/mol. The molecule has 1 N–H and O–H groups in total. The second kappa shape index (κ2) is 7.97. The van der Waals surface area contributed by atoms with Crippen LogP contribution in [0.1, 0.15) is 19.8 Å². The van der Waals surface area contributed by atoms with E-state index >= 15 is 0 Å². The lowest BCUT2D eigenvalue weighted by molar-refractivity contribution is 0.666. The molecule has 0 radical (unpaired) electrons. The lowest BCUT2D eigenvalue weighted by Gasteiger charge is -2.04. The Morgan fingerprint density at radius 1 is 1.47 bits per heavy atom. The maximum atomic E-state index is 5.98. The molecule has 1 heterocycles. The molecule has 0 saturated carbocycles. The van der Waals surface area contributed by atoms with Crippen LogP contribution in [0.5, 0.6) is 0 Å². The molecule has 1 aromatic heterocycles. The van der Waals surface area contributed by atoms with Crippen molar-refractivity contribution in [2.75, 3.05) is 18.8 Å². The number of halogens is 1. The second-order valence-corrected chi connectivity index (χ2v) is 4.73. The van der Waals surface area contributed by atoms with E-state index in [1.807, 2.05) is 12.1 Å². The molecule has 1 rings (SSSR count). The molecule has 4 heteroatoms. The number of pyridine rings is 1. The van der Waals surface area contributed by atoms with E-state index in [4.69, 9.17) is 11.6 Å². The van der Waals surface area contributed by atoms with E-state index in [9.17, 15) is 0 Å². The molecule has 0 unspecified atom stereocenters. The summed E-state index contributed by atoms with van der Waals surface area (Å²) in [5.41, 5.74) is 0. The first-order valence-electron chi connectivity index (χ1n) is 5.28. The average molecular weight is 245 g/mol.